The Bertz CT molecular complexity index is 717. The van der Waals surface area contributed by atoms with Crippen molar-refractivity contribution in [2.75, 3.05) is 26.0 Å². The number of carbonyl (C=O) groups excluding carboxylic acids is 2. The molecular weight excluding hydrogens is 330 g/mol. The van der Waals surface area contributed by atoms with Crippen molar-refractivity contribution in [2.45, 2.75) is 19.5 Å². The molecule has 2 aromatic rings. The average molecular weight is 355 g/mol. The predicted octanol–water partition coefficient (Wildman–Crippen LogP) is 2.27. The van der Waals surface area contributed by atoms with Gasteiger partial charge in [-0.1, -0.05) is 30.3 Å². The lowest BCUT2D eigenvalue weighted by molar-refractivity contribution is -0.126. The van der Waals surface area contributed by atoms with Gasteiger partial charge in [0.15, 0.2) is 0 Å². The Morgan fingerprint density at radius 1 is 1.08 bits per heavy atom. The third-order valence-corrected chi connectivity index (χ3v) is 4.12. The van der Waals surface area contributed by atoms with Crippen LogP contribution < -0.4 is 15.4 Å². The second-order valence-corrected chi connectivity index (χ2v) is 6.07. The molecule has 0 heterocycles. The van der Waals surface area contributed by atoms with Crippen LogP contribution in [-0.4, -0.2) is 43.5 Å². The summed E-state index contributed by atoms with van der Waals surface area (Å²) in [5, 5.41) is 5.70. The van der Waals surface area contributed by atoms with Gasteiger partial charge >= 0.3 is 0 Å². The fourth-order valence-electron chi connectivity index (χ4n) is 2.37. The van der Waals surface area contributed by atoms with Crippen LogP contribution >= 0.6 is 0 Å². The van der Waals surface area contributed by atoms with E-state index in [1.165, 1.54) is 0 Å². The monoisotopic (exact) mass is 355 g/mol. The van der Waals surface area contributed by atoms with Gasteiger partial charge in [-0.05, 0) is 43.8 Å². The number of rotatable bonds is 8. The Morgan fingerprint density at radius 2 is 1.73 bits per heavy atom. The highest BCUT2D eigenvalue weighted by Crippen LogP contribution is 2.14. The fourth-order valence-corrected chi connectivity index (χ4v) is 2.37. The minimum atomic E-state index is -0.416. The summed E-state index contributed by atoms with van der Waals surface area (Å²) in [6, 6.07) is 16.4. The first kappa shape index (κ1) is 19.5. The van der Waals surface area contributed by atoms with Gasteiger partial charge in [-0.3, -0.25) is 14.5 Å². The van der Waals surface area contributed by atoms with Gasteiger partial charge in [0.2, 0.25) is 11.8 Å². The van der Waals surface area contributed by atoms with Crippen LogP contribution in [0, 0.1) is 0 Å². The molecule has 0 aromatic heterocycles. The van der Waals surface area contributed by atoms with Crippen LogP contribution in [0.5, 0.6) is 5.75 Å². The third kappa shape index (κ3) is 5.89. The summed E-state index contributed by atoms with van der Waals surface area (Å²) in [5.74, 6) is 0.429. The molecular formula is C20H25N3O3. The highest BCUT2D eigenvalue weighted by molar-refractivity contribution is 5.92. The first-order valence-electron chi connectivity index (χ1n) is 8.45. The maximum Gasteiger partial charge on any atom is 0.238 e. The van der Waals surface area contributed by atoms with Crippen molar-refractivity contribution >= 4 is 17.5 Å². The molecule has 26 heavy (non-hydrogen) atoms. The third-order valence-electron chi connectivity index (χ3n) is 4.12. The summed E-state index contributed by atoms with van der Waals surface area (Å²) in [4.78, 5) is 26.1. The molecule has 2 amide bonds. The predicted molar refractivity (Wildman–Crippen MR) is 102 cm³/mol. The van der Waals surface area contributed by atoms with E-state index >= 15 is 0 Å². The van der Waals surface area contributed by atoms with E-state index in [1.54, 1.807) is 50.2 Å². The summed E-state index contributed by atoms with van der Waals surface area (Å²) in [5.41, 5.74) is 1.72. The second kappa shape index (κ2) is 9.58. The number of nitrogens with zero attached hydrogens (tertiary/aromatic N) is 1. The first-order valence-corrected chi connectivity index (χ1v) is 8.45. The molecule has 1 atom stereocenters. The van der Waals surface area contributed by atoms with Gasteiger partial charge in [0.1, 0.15) is 5.75 Å². The SMILES string of the molecule is COc1ccc(NC(=O)CN(C)C(C)C(=O)NCc2ccccc2)cc1. The van der Waals surface area contributed by atoms with E-state index in [0.29, 0.717) is 12.2 Å². The zero-order chi connectivity index (χ0) is 18.9. The van der Waals surface area contributed by atoms with Gasteiger partial charge in [-0.25, -0.2) is 0 Å². The molecule has 0 aliphatic rings. The number of amides is 2. The zero-order valence-corrected chi connectivity index (χ0v) is 15.4. The van der Waals surface area contributed by atoms with E-state index in [9.17, 15) is 9.59 Å². The first-order chi connectivity index (χ1) is 12.5. The lowest BCUT2D eigenvalue weighted by atomic mass is 10.2. The minimum absolute atomic E-state index is 0.117. The van der Waals surface area contributed by atoms with Crippen LogP contribution in [0.3, 0.4) is 0 Å². The lowest BCUT2D eigenvalue weighted by Crippen LogP contribution is -2.45. The molecule has 1 unspecified atom stereocenters. The summed E-state index contributed by atoms with van der Waals surface area (Å²) in [6.45, 7) is 2.36. The number of methoxy groups -OCH3 is 1. The molecule has 2 N–H and O–H groups in total. The van der Waals surface area contributed by atoms with Crippen molar-refractivity contribution < 1.29 is 14.3 Å². The van der Waals surface area contributed by atoms with Gasteiger partial charge < -0.3 is 15.4 Å². The summed E-state index contributed by atoms with van der Waals surface area (Å²) in [6.07, 6.45) is 0. The van der Waals surface area contributed by atoms with E-state index in [2.05, 4.69) is 10.6 Å². The number of nitrogens with one attached hydrogen (secondary N) is 2. The molecule has 138 valence electrons. The van der Waals surface area contributed by atoms with Crippen LogP contribution in [0.4, 0.5) is 5.69 Å². The van der Waals surface area contributed by atoms with E-state index in [1.807, 2.05) is 30.3 Å². The molecule has 0 aliphatic carbocycles. The lowest BCUT2D eigenvalue weighted by Gasteiger charge is -2.23. The average Bonchev–Trinajstić information content (AvgIpc) is 2.66. The number of likely N-dealkylation sites (N-methyl/N-ethyl adjacent to an activating group) is 1. The smallest absolute Gasteiger partial charge is 0.238 e. The molecule has 0 saturated carbocycles. The van der Waals surface area contributed by atoms with Crippen LogP contribution in [0.1, 0.15) is 12.5 Å². The standard InChI is InChI=1S/C20H25N3O3/c1-15(20(25)21-13-16-7-5-4-6-8-16)23(2)14-19(24)22-17-9-11-18(26-3)12-10-17/h4-12,15H,13-14H2,1-3H3,(H,21,25)(H,22,24). The molecule has 0 saturated heterocycles. The van der Waals surface area contributed by atoms with Crippen molar-refractivity contribution in [2.24, 2.45) is 0 Å². The minimum Gasteiger partial charge on any atom is -0.497 e. The van der Waals surface area contributed by atoms with E-state index in [-0.39, 0.29) is 18.4 Å². The van der Waals surface area contributed by atoms with Crippen LogP contribution in [0.25, 0.3) is 0 Å². The Kier molecular flexibility index (Phi) is 7.17. The van der Waals surface area contributed by atoms with Crippen LogP contribution in [0.2, 0.25) is 0 Å². The van der Waals surface area contributed by atoms with Crippen LogP contribution in [0.15, 0.2) is 54.6 Å². The molecule has 0 bridgehead atoms. The van der Waals surface area contributed by atoms with Crippen molar-refractivity contribution in [3.05, 3.63) is 60.2 Å². The largest absolute Gasteiger partial charge is 0.497 e. The van der Waals surface area contributed by atoms with Gasteiger partial charge in [0.25, 0.3) is 0 Å². The maximum absolute atomic E-state index is 12.3. The number of carbonyl (C=O) groups is 2. The number of anilines is 1. The van der Waals surface area contributed by atoms with E-state index < -0.39 is 6.04 Å². The quantitative estimate of drug-likeness (QED) is 0.762. The van der Waals surface area contributed by atoms with E-state index in [0.717, 1.165) is 11.3 Å². The Balaban J connectivity index is 1.79. The van der Waals surface area contributed by atoms with Gasteiger partial charge in [0, 0.05) is 12.2 Å². The van der Waals surface area contributed by atoms with Crippen LogP contribution in [-0.2, 0) is 16.1 Å². The van der Waals surface area contributed by atoms with Crippen molar-refractivity contribution in [1.29, 1.82) is 0 Å². The number of hydrogen-bond acceptors (Lipinski definition) is 4. The summed E-state index contributed by atoms with van der Waals surface area (Å²) >= 11 is 0. The highest BCUT2D eigenvalue weighted by Gasteiger charge is 2.19. The van der Waals surface area contributed by atoms with Crippen molar-refractivity contribution in [3.8, 4) is 5.75 Å². The Hall–Kier alpha value is -2.86. The molecule has 6 nitrogen and oxygen atoms in total. The molecule has 6 heteroatoms. The van der Waals surface area contributed by atoms with E-state index in [4.69, 9.17) is 4.74 Å². The fraction of sp³-hybridized carbons (Fsp3) is 0.300. The molecule has 0 fully saturated rings. The van der Waals surface area contributed by atoms with Gasteiger partial charge in [0.05, 0.1) is 19.7 Å². The second-order valence-electron chi connectivity index (χ2n) is 6.07. The Labute approximate surface area is 154 Å². The normalized spacial score (nSPS) is 11.7. The number of benzene rings is 2. The molecule has 0 radical (unpaired) electrons. The molecule has 0 spiro atoms. The van der Waals surface area contributed by atoms with Gasteiger partial charge in [-0.15, -0.1) is 0 Å². The van der Waals surface area contributed by atoms with Crippen molar-refractivity contribution in [1.82, 2.24) is 10.2 Å². The molecule has 2 rings (SSSR count). The summed E-state index contributed by atoms with van der Waals surface area (Å²) < 4.78 is 5.09. The molecule has 2 aromatic carbocycles. The number of hydrogen-bond donors (Lipinski definition) is 2. The highest BCUT2D eigenvalue weighted by atomic mass is 16.5. The molecule has 0 aliphatic heterocycles. The van der Waals surface area contributed by atoms with Gasteiger partial charge in [-0.2, -0.15) is 0 Å². The topological polar surface area (TPSA) is 70.7 Å². The number of ether oxygens (including phenoxy) is 1. The zero-order valence-electron chi connectivity index (χ0n) is 15.4. The summed E-state index contributed by atoms with van der Waals surface area (Å²) in [7, 11) is 3.34. The van der Waals surface area contributed by atoms with Crippen molar-refractivity contribution in [3.63, 3.8) is 0 Å². The maximum atomic E-state index is 12.3. The Morgan fingerprint density at radius 3 is 2.35 bits per heavy atom.